The summed E-state index contributed by atoms with van der Waals surface area (Å²) >= 11 is 0. The zero-order chi connectivity index (χ0) is 11.7. The van der Waals surface area contributed by atoms with Crippen LogP contribution in [0.5, 0.6) is 5.75 Å². The van der Waals surface area contributed by atoms with Gasteiger partial charge in [0.25, 0.3) is 0 Å². The summed E-state index contributed by atoms with van der Waals surface area (Å²) in [5.41, 5.74) is 1.59. The first-order valence-electron chi connectivity index (χ1n) is 4.86. The Morgan fingerprint density at radius 2 is 2.19 bits per heavy atom. The number of aryl methyl sites for hydroxylation is 1. The third-order valence-electron chi connectivity index (χ3n) is 2.55. The highest BCUT2D eigenvalue weighted by Gasteiger charge is 2.20. The smallest absolute Gasteiger partial charge is 0.339 e. The van der Waals surface area contributed by atoms with E-state index in [1.54, 1.807) is 12.1 Å². The van der Waals surface area contributed by atoms with E-state index in [2.05, 4.69) is 5.32 Å². The number of methoxy groups -OCH3 is 1. The average molecular weight is 221 g/mol. The molecule has 5 heteroatoms. The maximum Gasteiger partial charge on any atom is 0.339 e. The number of carbonyl (C=O) groups excluding carboxylic acids is 1. The van der Waals surface area contributed by atoms with Gasteiger partial charge in [0.15, 0.2) is 0 Å². The van der Waals surface area contributed by atoms with Crippen molar-refractivity contribution in [2.24, 2.45) is 0 Å². The summed E-state index contributed by atoms with van der Waals surface area (Å²) in [5, 5.41) is 11.7. The predicted octanol–water partition coefficient (Wildman–Crippen LogP) is 1.28. The molecule has 1 aliphatic rings. The van der Waals surface area contributed by atoms with Crippen molar-refractivity contribution in [1.82, 2.24) is 0 Å². The Balaban J connectivity index is 2.52. The Labute approximate surface area is 92.0 Å². The number of ether oxygens (including phenoxy) is 1. The summed E-state index contributed by atoms with van der Waals surface area (Å²) in [6, 6.07) is 3.10. The summed E-state index contributed by atoms with van der Waals surface area (Å²) in [5.74, 6) is -0.831. The fourth-order valence-electron chi connectivity index (χ4n) is 1.74. The second-order valence-corrected chi connectivity index (χ2v) is 3.56. The number of anilines is 1. The fourth-order valence-corrected chi connectivity index (χ4v) is 1.74. The van der Waals surface area contributed by atoms with Crippen LogP contribution in [0.25, 0.3) is 0 Å². The molecule has 1 aromatic carbocycles. The fraction of sp³-hybridized carbons (Fsp3) is 0.273. The molecule has 1 heterocycles. The highest BCUT2D eigenvalue weighted by atomic mass is 16.5. The van der Waals surface area contributed by atoms with Crippen molar-refractivity contribution >= 4 is 17.6 Å². The molecule has 0 atom stereocenters. The molecule has 1 aromatic rings. The molecule has 0 aliphatic carbocycles. The number of carboxylic acids is 1. The molecule has 0 saturated carbocycles. The number of hydrogen-bond acceptors (Lipinski definition) is 3. The van der Waals surface area contributed by atoms with Gasteiger partial charge in [-0.3, -0.25) is 4.79 Å². The number of hydrogen-bond donors (Lipinski definition) is 2. The first kappa shape index (κ1) is 10.5. The monoisotopic (exact) mass is 221 g/mol. The van der Waals surface area contributed by atoms with Gasteiger partial charge in [-0.25, -0.2) is 4.79 Å². The standard InChI is InChI=1S/C11H11NO4/c1-16-9-5-8-6(2-3-10(13)12-8)4-7(9)11(14)15/h4-5H,2-3H2,1H3,(H,12,13)(H,14,15). The van der Waals surface area contributed by atoms with Crippen LogP contribution in [0.15, 0.2) is 12.1 Å². The summed E-state index contributed by atoms with van der Waals surface area (Å²) in [6.45, 7) is 0. The summed E-state index contributed by atoms with van der Waals surface area (Å²) in [6.07, 6.45) is 0.948. The van der Waals surface area contributed by atoms with Gasteiger partial charge in [-0.15, -0.1) is 0 Å². The van der Waals surface area contributed by atoms with Gasteiger partial charge < -0.3 is 15.2 Å². The van der Waals surface area contributed by atoms with E-state index >= 15 is 0 Å². The SMILES string of the molecule is COc1cc2c(cc1C(=O)O)CCC(=O)N2. The van der Waals surface area contributed by atoms with Crippen LogP contribution in [0.4, 0.5) is 5.69 Å². The number of benzene rings is 1. The Hall–Kier alpha value is -2.04. The highest BCUT2D eigenvalue weighted by molar-refractivity contribution is 5.97. The lowest BCUT2D eigenvalue weighted by molar-refractivity contribution is -0.116. The molecule has 84 valence electrons. The number of amides is 1. The molecule has 1 aliphatic heterocycles. The van der Waals surface area contributed by atoms with Crippen molar-refractivity contribution < 1.29 is 19.4 Å². The first-order chi connectivity index (χ1) is 7.61. The molecule has 2 N–H and O–H groups in total. The second kappa shape index (κ2) is 3.84. The zero-order valence-electron chi connectivity index (χ0n) is 8.74. The molecule has 0 spiro atoms. The van der Waals surface area contributed by atoms with E-state index in [1.807, 2.05) is 0 Å². The van der Waals surface area contributed by atoms with Crippen LogP contribution < -0.4 is 10.1 Å². The summed E-state index contributed by atoms with van der Waals surface area (Å²) < 4.78 is 4.98. The van der Waals surface area contributed by atoms with Crippen molar-refractivity contribution in [3.63, 3.8) is 0 Å². The minimum absolute atomic E-state index is 0.0578. The predicted molar refractivity (Wildman–Crippen MR) is 56.9 cm³/mol. The third-order valence-corrected chi connectivity index (χ3v) is 2.55. The number of nitrogens with one attached hydrogen (secondary N) is 1. The van der Waals surface area contributed by atoms with Crippen LogP contribution in [0.2, 0.25) is 0 Å². The highest BCUT2D eigenvalue weighted by Crippen LogP contribution is 2.30. The van der Waals surface area contributed by atoms with Crippen molar-refractivity contribution in [3.8, 4) is 5.75 Å². The van der Waals surface area contributed by atoms with Crippen LogP contribution >= 0.6 is 0 Å². The van der Waals surface area contributed by atoms with E-state index in [0.29, 0.717) is 18.5 Å². The zero-order valence-corrected chi connectivity index (χ0v) is 8.74. The van der Waals surface area contributed by atoms with Gasteiger partial charge in [0, 0.05) is 18.2 Å². The number of aromatic carboxylic acids is 1. The Morgan fingerprint density at radius 1 is 1.44 bits per heavy atom. The Kier molecular flexibility index (Phi) is 2.52. The summed E-state index contributed by atoms with van der Waals surface area (Å²) in [7, 11) is 1.40. The third kappa shape index (κ3) is 1.71. The lowest BCUT2D eigenvalue weighted by Gasteiger charge is -2.18. The second-order valence-electron chi connectivity index (χ2n) is 3.56. The lowest BCUT2D eigenvalue weighted by Crippen LogP contribution is -2.19. The van der Waals surface area contributed by atoms with Gasteiger partial charge in [0.1, 0.15) is 11.3 Å². The number of rotatable bonds is 2. The molecule has 0 bridgehead atoms. The maximum atomic E-state index is 11.2. The number of carboxylic acid groups (broad SMARTS) is 1. The molecular formula is C11H11NO4. The van der Waals surface area contributed by atoms with Gasteiger partial charge >= 0.3 is 5.97 Å². The summed E-state index contributed by atoms with van der Waals surface area (Å²) in [4.78, 5) is 22.1. The van der Waals surface area contributed by atoms with Crippen molar-refractivity contribution in [2.75, 3.05) is 12.4 Å². The molecule has 1 amide bonds. The minimum Gasteiger partial charge on any atom is -0.496 e. The van der Waals surface area contributed by atoms with Gasteiger partial charge in [-0.2, -0.15) is 0 Å². The van der Waals surface area contributed by atoms with Crippen molar-refractivity contribution in [2.45, 2.75) is 12.8 Å². The normalized spacial score (nSPS) is 13.9. The Morgan fingerprint density at radius 3 is 2.81 bits per heavy atom. The molecule has 0 unspecified atom stereocenters. The van der Waals surface area contributed by atoms with E-state index in [-0.39, 0.29) is 17.2 Å². The van der Waals surface area contributed by atoms with Crippen LogP contribution in [0.1, 0.15) is 22.3 Å². The molecule has 0 radical (unpaired) electrons. The number of carbonyl (C=O) groups is 2. The van der Waals surface area contributed by atoms with Crippen molar-refractivity contribution in [3.05, 3.63) is 23.3 Å². The first-order valence-corrected chi connectivity index (χ1v) is 4.86. The molecule has 16 heavy (non-hydrogen) atoms. The molecule has 0 saturated heterocycles. The van der Waals surface area contributed by atoms with Gasteiger partial charge in [-0.1, -0.05) is 0 Å². The van der Waals surface area contributed by atoms with Gasteiger partial charge in [-0.05, 0) is 18.1 Å². The average Bonchev–Trinajstić information content (AvgIpc) is 2.26. The lowest BCUT2D eigenvalue weighted by atomic mass is 9.99. The topological polar surface area (TPSA) is 75.6 Å². The molecule has 5 nitrogen and oxygen atoms in total. The van der Waals surface area contributed by atoms with Crippen LogP contribution in [0, 0.1) is 0 Å². The van der Waals surface area contributed by atoms with Crippen molar-refractivity contribution in [1.29, 1.82) is 0 Å². The van der Waals surface area contributed by atoms with E-state index in [1.165, 1.54) is 7.11 Å². The largest absolute Gasteiger partial charge is 0.496 e. The quantitative estimate of drug-likeness (QED) is 0.788. The Bertz CT molecular complexity index is 467. The molecule has 2 rings (SSSR count). The van der Waals surface area contributed by atoms with E-state index in [9.17, 15) is 9.59 Å². The van der Waals surface area contributed by atoms with Crippen LogP contribution in [-0.4, -0.2) is 24.1 Å². The molecule has 0 fully saturated rings. The maximum absolute atomic E-state index is 11.2. The van der Waals surface area contributed by atoms with Crippen LogP contribution in [0.3, 0.4) is 0 Å². The van der Waals surface area contributed by atoms with E-state index in [4.69, 9.17) is 9.84 Å². The van der Waals surface area contributed by atoms with Gasteiger partial charge in [0.05, 0.1) is 7.11 Å². The van der Waals surface area contributed by atoms with E-state index < -0.39 is 5.97 Å². The minimum atomic E-state index is -1.03. The van der Waals surface area contributed by atoms with E-state index in [0.717, 1.165) is 5.56 Å². The van der Waals surface area contributed by atoms with Gasteiger partial charge in [0.2, 0.25) is 5.91 Å². The molecule has 0 aromatic heterocycles. The number of fused-ring (bicyclic) bond motifs is 1. The molecular weight excluding hydrogens is 210 g/mol. The van der Waals surface area contributed by atoms with Crippen LogP contribution in [-0.2, 0) is 11.2 Å².